The Morgan fingerprint density at radius 1 is 1.05 bits per heavy atom. The molecule has 0 spiro atoms. The van der Waals surface area contributed by atoms with Gasteiger partial charge in [0.1, 0.15) is 5.82 Å². The second-order valence-electron chi connectivity index (χ2n) is 4.79. The molecule has 7 heteroatoms. The van der Waals surface area contributed by atoms with Crippen LogP contribution in [0.3, 0.4) is 0 Å². The number of carbonyl (C=O) groups excluding carboxylic acids is 1. The third-order valence-corrected chi connectivity index (χ3v) is 3.56. The summed E-state index contributed by atoms with van der Waals surface area (Å²) in [6.07, 6.45) is 1.06. The Hall–Kier alpha value is -2.41. The summed E-state index contributed by atoms with van der Waals surface area (Å²) < 4.78 is 37.5. The Morgan fingerprint density at radius 2 is 1.59 bits per heavy atom. The number of nitrogens with zero attached hydrogens (tertiary/aromatic N) is 1. The van der Waals surface area contributed by atoms with Crippen LogP contribution in [0.25, 0.3) is 0 Å². The molecule has 1 amide bonds. The standard InChI is InChI=1S/C15H15FN2O3S/c1-18(15(19)11-3-5-12(16)6-4-11)14-9-7-13(8-10-14)17-22(2,20)21/h3-10,17H,1-2H3. The van der Waals surface area contributed by atoms with Crippen molar-refractivity contribution in [1.29, 1.82) is 0 Å². The molecule has 0 fully saturated rings. The summed E-state index contributed by atoms with van der Waals surface area (Å²) in [5.74, 6) is -0.695. The normalized spacial score (nSPS) is 11.0. The van der Waals surface area contributed by atoms with E-state index >= 15 is 0 Å². The first-order chi connectivity index (χ1) is 10.3. The summed E-state index contributed by atoms with van der Waals surface area (Å²) in [5, 5.41) is 0. The maximum atomic E-state index is 12.9. The van der Waals surface area contributed by atoms with Crippen LogP contribution in [0.4, 0.5) is 15.8 Å². The van der Waals surface area contributed by atoms with Crippen LogP contribution in [0.1, 0.15) is 10.4 Å². The van der Waals surface area contributed by atoms with Gasteiger partial charge in [0.25, 0.3) is 5.91 Å². The van der Waals surface area contributed by atoms with Gasteiger partial charge < -0.3 is 4.90 Å². The SMILES string of the molecule is CN(C(=O)c1ccc(F)cc1)c1ccc(NS(C)(=O)=O)cc1. The van der Waals surface area contributed by atoms with E-state index in [0.717, 1.165) is 6.26 Å². The molecule has 116 valence electrons. The van der Waals surface area contributed by atoms with E-state index in [1.807, 2.05) is 0 Å². The Kier molecular flexibility index (Phi) is 4.46. The molecule has 5 nitrogen and oxygen atoms in total. The van der Waals surface area contributed by atoms with E-state index in [4.69, 9.17) is 0 Å². The molecule has 2 aromatic rings. The lowest BCUT2D eigenvalue weighted by Gasteiger charge is -2.18. The van der Waals surface area contributed by atoms with Crippen molar-refractivity contribution < 1.29 is 17.6 Å². The maximum absolute atomic E-state index is 12.9. The minimum Gasteiger partial charge on any atom is -0.311 e. The van der Waals surface area contributed by atoms with Gasteiger partial charge in [0.2, 0.25) is 10.0 Å². The van der Waals surface area contributed by atoms with E-state index in [1.54, 1.807) is 31.3 Å². The van der Waals surface area contributed by atoms with Crippen LogP contribution in [0.15, 0.2) is 48.5 Å². The van der Waals surface area contributed by atoms with Crippen LogP contribution in [-0.4, -0.2) is 27.6 Å². The number of carbonyl (C=O) groups is 1. The molecule has 0 bridgehead atoms. The summed E-state index contributed by atoms with van der Waals surface area (Å²) >= 11 is 0. The number of benzene rings is 2. The molecule has 0 aliphatic carbocycles. The summed E-state index contributed by atoms with van der Waals surface area (Å²) in [4.78, 5) is 13.7. The fraction of sp³-hybridized carbons (Fsp3) is 0.133. The Balaban J connectivity index is 2.17. The van der Waals surface area contributed by atoms with E-state index < -0.39 is 15.8 Å². The number of amides is 1. The molecule has 0 saturated carbocycles. The summed E-state index contributed by atoms with van der Waals surface area (Å²) in [7, 11) is -1.75. The lowest BCUT2D eigenvalue weighted by molar-refractivity contribution is 0.0993. The number of sulfonamides is 1. The first-order valence-electron chi connectivity index (χ1n) is 6.38. The van der Waals surface area contributed by atoms with Gasteiger partial charge in [-0.3, -0.25) is 9.52 Å². The smallest absolute Gasteiger partial charge is 0.258 e. The third kappa shape index (κ3) is 4.05. The van der Waals surface area contributed by atoms with Crippen LogP contribution in [0.5, 0.6) is 0 Å². The molecule has 0 radical (unpaired) electrons. The third-order valence-electron chi connectivity index (χ3n) is 2.95. The van der Waals surface area contributed by atoms with Crippen molar-refractivity contribution in [3.05, 3.63) is 59.9 Å². The first kappa shape index (κ1) is 16.0. The molecule has 0 atom stereocenters. The average Bonchev–Trinajstić information content (AvgIpc) is 2.46. The van der Waals surface area contributed by atoms with Crippen molar-refractivity contribution in [1.82, 2.24) is 0 Å². The van der Waals surface area contributed by atoms with Gasteiger partial charge in [0, 0.05) is 24.0 Å². The second kappa shape index (κ2) is 6.15. The molecule has 0 saturated heterocycles. The van der Waals surface area contributed by atoms with Gasteiger partial charge in [-0.2, -0.15) is 0 Å². The van der Waals surface area contributed by atoms with Gasteiger partial charge >= 0.3 is 0 Å². The number of hydrogen-bond acceptors (Lipinski definition) is 3. The largest absolute Gasteiger partial charge is 0.311 e. The number of nitrogens with one attached hydrogen (secondary N) is 1. The highest BCUT2D eigenvalue weighted by molar-refractivity contribution is 7.92. The first-order valence-corrected chi connectivity index (χ1v) is 8.27. The molecule has 0 aromatic heterocycles. The molecular weight excluding hydrogens is 307 g/mol. The topological polar surface area (TPSA) is 66.5 Å². The predicted molar refractivity (Wildman–Crippen MR) is 84.0 cm³/mol. The van der Waals surface area contributed by atoms with Gasteiger partial charge in [-0.25, -0.2) is 12.8 Å². The zero-order valence-electron chi connectivity index (χ0n) is 12.1. The molecule has 0 aliphatic rings. The fourth-order valence-electron chi connectivity index (χ4n) is 1.87. The minimum atomic E-state index is -3.34. The van der Waals surface area contributed by atoms with E-state index in [-0.39, 0.29) is 5.91 Å². The molecule has 2 rings (SSSR count). The van der Waals surface area contributed by atoms with Gasteiger partial charge in [-0.1, -0.05) is 0 Å². The average molecular weight is 322 g/mol. The van der Waals surface area contributed by atoms with Crippen LogP contribution in [0.2, 0.25) is 0 Å². The van der Waals surface area contributed by atoms with Crippen molar-refractivity contribution in [3.63, 3.8) is 0 Å². The molecule has 1 N–H and O–H groups in total. The van der Waals surface area contributed by atoms with Crippen molar-refractivity contribution in [2.75, 3.05) is 22.9 Å². The van der Waals surface area contributed by atoms with Crippen LogP contribution >= 0.6 is 0 Å². The quantitative estimate of drug-likeness (QED) is 0.940. The van der Waals surface area contributed by atoms with E-state index in [9.17, 15) is 17.6 Å². The number of hydrogen-bond donors (Lipinski definition) is 1. The number of rotatable bonds is 4. The van der Waals surface area contributed by atoms with E-state index in [1.165, 1.54) is 29.2 Å². The number of halogens is 1. The van der Waals surface area contributed by atoms with Crippen molar-refractivity contribution in [3.8, 4) is 0 Å². The highest BCUT2D eigenvalue weighted by Crippen LogP contribution is 2.19. The zero-order chi connectivity index (χ0) is 16.3. The fourth-order valence-corrected chi connectivity index (χ4v) is 2.43. The molecule has 2 aromatic carbocycles. The van der Waals surface area contributed by atoms with Crippen molar-refractivity contribution in [2.45, 2.75) is 0 Å². The van der Waals surface area contributed by atoms with Crippen LogP contribution in [-0.2, 0) is 10.0 Å². The van der Waals surface area contributed by atoms with E-state index in [0.29, 0.717) is 16.9 Å². The Morgan fingerprint density at radius 3 is 2.09 bits per heavy atom. The monoisotopic (exact) mass is 322 g/mol. The lowest BCUT2D eigenvalue weighted by Crippen LogP contribution is -2.26. The molecule has 0 unspecified atom stereocenters. The van der Waals surface area contributed by atoms with Gasteiger partial charge in [-0.15, -0.1) is 0 Å². The molecule has 0 heterocycles. The maximum Gasteiger partial charge on any atom is 0.258 e. The second-order valence-corrected chi connectivity index (χ2v) is 6.54. The van der Waals surface area contributed by atoms with Gasteiger partial charge in [0.05, 0.1) is 6.26 Å². The van der Waals surface area contributed by atoms with Gasteiger partial charge in [0.15, 0.2) is 0 Å². The van der Waals surface area contributed by atoms with E-state index in [2.05, 4.69) is 4.72 Å². The van der Waals surface area contributed by atoms with Crippen LogP contribution in [0, 0.1) is 5.82 Å². The van der Waals surface area contributed by atoms with Crippen molar-refractivity contribution >= 4 is 27.3 Å². The lowest BCUT2D eigenvalue weighted by atomic mass is 10.2. The number of anilines is 2. The Bertz CT molecular complexity index is 771. The van der Waals surface area contributed by atoms with Crippen LogP contribution < -0.4 is 9.62 Å². The summed E-state index contributed by atoms with van der Waals surface area (Å²) in [6, 6.07) is 11.6. The van der Waals surface area contributed by atoms with Gasteiger partial charge in [-0.05, 0) is 48.5 Å². The highest BCUT2D eigenvalue weighted by atomic mass is 32.2. The molecule has 0 aliphatic heterocycles. The van der Waals surface area contributed by atoms with Crippen molar-refractivity contribution in [2.24, 2.45) is 0 Å². The highest BCUT2D eigenvalue weighted by Gasteiger charge is 2.13. The summed E-state index contributed by atoms with van der Waals surface area (Å²) in [6.45, 7) is 0. The summed E-state index contributed by atoms with van der Waals surface area (Å²) in [5.41, 5.74) is 1.37. The Labute approximate surface area is 128 Å². The zero-order valence-corrected chi connectivity index (χ0v) is 12.9. The predicted octanol–water partition coefficient (Wildman–Crippen LogP) is 2.47. The molecule has 22 heavy (non-hydrogen) atoms. The molecular formula is C15H15FN2O3S. The minimum absolute atomic E-state index is 0.288.